The lowest BCUT2D eigenvalue weighted by atomic mass is 10.1. The van der Waals surface area contributed by atoms with E-state index in [1.54, 1.807) is 32.2 Å². The number of nitriles is 1. The van der Waals surface area contributed by atoms with E-state index in [4.69, 9.17) is 15.7 Å². The minimum atomic E-state index is -0.451. The molecule has 1 atom stereocenters. The van der Waals surface area contributed by atoms with Crippen LogP contribution >= 0.6 is 0 Å². The molecule has 1 amide bonds. The van der Waals surface area contributed by atoms with Crippen LogP contribution in [0.2, 0.25) is 0 Å². The summed E-state index contributed by atoms with van der Waals surface area (Å²) in [5.74, 6) is -0.154. The number of anilines is 2. The fraction of sp³-hybridized carbons (Fsp3) is 0.385. The zero-order valence-corrected chi connectivity index (χ0v) is 11.1. The molecule has 0 radical (unpaired) electrons. The SMILES string of the molecule is COCCNC(=O)C(C)Nc1cccc(C#N)c1N. The van der Waals surface area contributed by atoms with Gasteiger partial charge in [0.1, 0.15) is 12.1 Å². The molecule has 6 nitrogen and oxygen atoms in total. The molecule has 1 rings (SSSR count). The number of ether oxygens (including phenoxy) is 1. The van der Waals surface area contributed by atoms with Gasteiger partial charge in [0, 0.05) is 13.7 Å². The second-order valence-electron chi connectivity index (χ2n) is 4.03. The molecule has 1 unspecified atom stereocenters. The number of rotatable bonds is 6. The van der Waals surface area contributed by atoms with Gasteiger partial charge >= 0.3 is 0 Å². The van der Waals surface area contributed by atoms with Crippen LogP contribution in [0.4, 0.5) is 11.4 Å². The Morgan fingerprint density at radius 1 is 1.58 bits per heavy atom. The number of amides is 1. The number of nitrogen functional groups attached to an aromatic ring is 1. The average molecular weight is 262 g/mol. The van der Waals surface area contributed by atoms with Gasteiger partial charge < -0.3 is 21.1 Å². The van der Waals surface area contributed by atoms with Gasteiger partial charge in [0.15, 0.2) is 0 Å². The zero-order chi connectivity index (χ0) is 14.3. The molecule has 102 valence electrons. The van der Waals surface area contributed by atoms with Crippen molar-refractivity contribution in [2.45, 2.75) is 13.0 Å². The third-order valence-corrected chi connectivity index (χ3v) is 2.60. The van der Waals surface area contributed by atoms with Gasteiger partial charge in [-0.1, -0.05) is 6.07 Å². The van der Waals surface area contributed by atoms with Crippen molar-refractivity contribution in [2.75, 3.05) is 31.3 Å². The van der Waals surface area contributed by atoms with Gasteiger partial charge in [-0.2, -0.15) is 5.26 Å². The van der Waals surface area contributed by atoms with E-state index in [0.29, 0.717) is 30.1 Å². The van der Waals surface area contributed by atoms with Crippen molar-refractivity contribution in [1.29, 1.82) is 5.26 Å². The van der Waals surface area contributed by atoms with Gasteiger partial charge in [-0.3, -0.25) is 4.79 Å². The number of carbonyl (C=O) groups is 1. The average Bonchev–Trinajstić information content (AvgIpc) is 2.41. The first-order valence-corrected chi connectivity index (χ1v) is 5.92. The van der Waals surface area contributed by atoms with E-state index in [2.05, 4.69) is 10.6 Å². The molecule has 0 saturated carbocycles. The highest BCUT2D eigenvalue weighted by Gasteiger charge is 2.14. The van der Waals surface area contributed by atoms with Gasteiger partial charge in [0.2, 0.25) is 5.91 Å². The summed E-state index contributed by atoms with van der Waals surface area (Å²) in [7, 11) is 1.57. The molecule has 0 fully saturated rings. The Morgan fingerprint density at radius 3 is 2.95 bits per heavy atom. The highest BCUT2D eigenvalue weighted by molar-refractivity contribution is 5.86. The Hall–Kier alpha value is -2.26. The standard InChI is InChI=1S/C13H18N4O2/c1-9(13(18)16-6-7-19-2)17-11-5-3-4-10(8-14)12(11)15/h3-5,9,17H,6-7,15H2,1-2H3,(H,16,18). The molecular weight excluding hydrogens is 244 g/mol. The highest BCUT2D eigenvalue weighted by atomic mass is 16.5. The molecule has 0 aliphatic heterocycles. The summed E-state index contributed by atoms with van der Waals surface area (Å²) in [6.07, 6.45) is 0. The van der Waals surface area contributed by atoms with E-state index in [-0.39, 0.29) is 5.91 Å². The number of para-hydroxylation sites is 1. The Balaban J connectivity index is 2.64. The lowest BCUT2D eigenvalue weighted by molar-refractivity contribution is -0.121. The first-order chi connectivity index (χ1) is 9.10. The van der Waals surface area contributed by atoms with Crippen LogP contribution in [-0.2, 0) is 9.53 Å². The molecule has 1 aromatic rings. The molecule has 0 spiro atoms. The van der Waals surface area contributed by atoms with Gasteiger partial charge in [-0.15, -0.1) is 0 Å². The predicted octanol–water partition coefficient (Wildman–Crippen LogP) is 0.703. The topological polar surface area (TPSA) is 100 Å². The fourth-order valence-electron chi connectivity index (χ4n) is 1.52. The Bertz CT molecular complexity index is 482. The van der Waals surface area contributed by atoms with E-state index < -0.39 is 6.04 Å². The smallest absolute Gasteiger partial charge is 0.242 e. The van der Waals surface area contributed by atoms with Crippen molar-refractivity contribution >= 4 is 17.3 Å². The summed E-state index contributed by atoms with van der Waals surface area (Å²) >= 11 is 0. The Morgan fingerprint density at radius 2 is 2.32 bits per heavy atom. The summed E-state index contributed by atoms with van der Waals surface area (Å²) in [6.45, 7) is 2.64. The fourth-order valence-corrected chi connectivity index (χ4v) is 1.52. The lowest BCUT2D eigenvalue weighted by Gasteiger charge is -2.16. The van der Waals surface area contributed by atoms with Gasteiger partial charge in [-0.05, 0) is 19.1 Å². The van der Waals surface area contributed by atoms with Crippen LogP contribution in [-0.4, -0.2) is 32.2 Å². The molecular formula is C13H18N4O2. The van der Waals surface area contributed by atoms with Crippen molar-refractivity contribution in [3.05, 3.63) is 23.8 Å². The van der Waals surface area contributed by atoms with E-state index in [9.17, 15) is 4.79 Å². The van der Waals surface area contributed by atoms with Crippen molar-refractivity contribution in [3.8, 4) is 6.07 Å². The van der Waals surface area contributed by atoms with Crippen LogP contribution in [0.15, 0.2) is 18.2 Å². The molecule has 0 bridgehead atoms. The van der Waals surface area contributed by atoms with Crippen LogP contribution in [0.1, 0.15) is 12.5 Å². The molecule has 6 heteroatoms. The van der Waals surface area contributed by atoms with Crippen molar-refractivity contribution in [1.82, 2.24) is 5.32 Å². The second kappa shape index (κ2) is 7.24. The molecule has 0 saturated heterocycles. The first-order valence-electron chi connectivity index (χ1n) is 5.92. The Labute approximate surface area is 112 Å². The summed E-state index contributed by atoms with van der Waals surface area (Å²) in [5.41, 5.74) is 7.14. The van der Waals surface area contributed by atoms with E-state index in [0.717, 1.165) is 0 Å². The summed E-state index contributed by atoms with van der Waals surface area (Å²) in [4.78, 5) is 11.8. The van der Waals surface area contributed by atoms with E-state index in [1.807, 2.05) is 6.07 Å². The number of carbonyl (C=O) groups excluding carboxylic acids is 1. The van der Waals surface area contributed by atoms with Crippen LogP contribution in [0.5, 0.6) is 0 Å². The largest absolute Gasteiger partial charge is 0.396 e. The first kappa shape index (κ1) is 14.8. The minimum Gasteiger partial charge on any atom is -0.396 e. The summed E-state index contributed by atoms with van der Waals surface area (Å²) < 4.78 is 4.85. The lowest BCUT2D eigenvalue weighted by Crippen LogP contribution is -2.39. The molecule has 0 heterocycles. The van der Waals surface area contributed by atoms with Crippen LogP contribution in [0, 0.1) is 11.3 Å². The monoisotopic (exact) mass is 262 g/mol. The Kier molecular flexibility index (Phi) is 5.64. The summed E-state index contributed by atoms with van der Waals surface area (Å²) in [5, 5.41) is 14.6. The maximum Gasteiger partial charge on any atom is 0.242 e. The number of hydrogen-bond donors (Lipinski definition) is 3. The molecule has 0 aromatic heterocycles. The number of nitrogens with one attached hydrogen (secondary N) is 2. The van der Waals surface area contributed by atoms with E-state index in [1.165, 1.54) is 0 Å². The zero-order valence-electron chi connectivity index (χ0n) is 11.1. The van der Waals surface area contributed by atoms with Crippen LogP contribution in [0.25, 0.3) is 0 Å². The molecule has 1 aromatic carbocycles. The minimum absolute atomic E-state index is 0.154. The molecule has 0 aliphatic rings. The maximum absolute atomic E-state index is 11.8. The molecule has 19 heavy (non-hydrogen) atoms. The third kappa shape index (κ3) is 4.16. The van der Waals surface area contributed by atoms with Crippen LogP contribution in [0.3, 0.4) is 0 Å². The van der Waals surface area contributed by atoms with Crippen molar-refractivity contribution in [3.63, 3.8) is 0 Å². The van der Waals surface area contributed by atoms with Gasteiger partial charge in [0.25, 0.3) is 0 Å². The number of nitrogens with two attached hydrogens (primary N) is 1. The second-order valence-corrected chi connectivity index (χ2v) is 4.03. The predicted molar refractivity (Wildman–Crippen MR) is 73.5 cm³/mol. The van der Waals surface area contributed by atoms with Gasteiger partial charge in [0.05, 0.1) is 23.5 Å². The molecule has 0 aliphatic carbocycles. The van der Waals surface area contributed by atoms with E-state index >= 15 is 0 Å². The third-order valence-electron chi connectivity index (χ3n) is 2.60. The highest BCUT2D eigenvalue weighted by Crippen LogP contribution is 2.22. The van der Waals surface area contributed by atoms with Gasteiger partial charge in [-0.25, -0.2) is 0 Å². The maximum atomic E-state index is 11.8. The quantitative estimate of drug-likeness (QED) is 0.517. The number of hydrogen-bond acceptors (Lipinski definition) is 5. The molecule has 4 N–H and O–H groups in total. The number of nitrogens with zero attached hydrogens (tertiary/aromatic N) is 1. The number of benzene rings is 1. The van der Waals surface area contributed by atoms with Crippen molar-refractivity contribution in [2.24, 2.45) is 0 Å². The van der Waals surface area contributed by atoms with Crippen molar-refractivity contribution < 1.29 is 9.53 Å². The normalized spacial score (nSPS) is 11.4. The summed E-state index contributed by atoms with van der Waals surface area (Å²) in [6, 6.07) is 6.62. The number of methoxy groups -OCH3 is 1. The van der Waals surface area contributed by atoms with Crippen LogP contribution < -0.4 is 16.4 Å².